The van der Waals surface area contributed by atoms with Crippen molar-refractivity contribution in [1.29, 1.82) is 0 Å². The van der Waals surface area contributed by atoms with Gasteiger partial charge in [-0.2, -0.15) is 0 Å². The summed E-state index contributed by atoms with van der Waals surface area (Å²) in [5, 5.41) is 1.25. The van der Waals surface area contributed by atoms with Crippen molar-refractivity contribution in [1.82, 2.24) is 0 Å². The molecule has 1 aromatic rings. The van der Waals surface area contributed by atoms with Gasteiger partial charge in [0.25, 0.3) is 0 Å². The monoisotopic (exact) mass is 218 g/mol. The number of hydrogen-bond acceptors (Lipinski definition) is 1. The summed E-state index contributed by atoms with van der Waals surface area (Å²) in [6, 6.07) is 8.10. The maximum absolute atomic E-state index is 5.22. The topological polar surface area (TPSA) is 9.23 Å². The second kappa shape index (κ2) is 4.52. The molecular formula is C13H18OSi. The maximum Gasteiger partial charge on any atom is 0.119 e. The molecule has 0 amide bonds. The van der Waals surface area contributed by atoms with Gasteiger partial charge in [0.1, 0.15) is 5.75 Å². The molecule has 0 heterocycles. The van der Waals surface area contributed by atoms with E-state index in [0.717, 1.165) is 5.75 Å². The zero-order chi connectivity index (χ0) is 11.5. The summed E-state index contributed by atoms with van der Waals surface area (Å²) in [5.74, 6) is 0.888. The summed E-state index contributed by atoms with van der Waals surface area (Å²) in [7, 11) is 0.310. The molecular weight excluding hydrogens is 200 g/mol. The molecule has 0 saturated carbocycles. The van der Waals surface area contributed by atoms with Gasteiger partial charge >= 0.3 is 0 Å². The van der Waals surface area contributed by atoms with E-state index < -0.39 is 8.07 Å². The zero-order valence-corrected chi connectivity index (χ0v) is 10.9. The first-order valence-electron chi connectivity index (χ1n) is 5.04. The van der Waals surface area contributed by atoms with Crippen molar-refractivity contribution in [3.05, 3.63) is 42.1 Å². The predicted molar refractivity (Wildman–Crippen MR) is 68.9 cm³/mol. The molecule has 0 N–H and O–H groups in total. The highest BCUT2D eigenvalue weighted by atomic mass is 28.3. The Labute approximate surface area is 93.1 Å². The summed E-state index contributed by atoms with van der Waals surface area (Å²) in [4.78, 5) is 0. The standard InChI is InChI=1S/C13H18OSi/c1-6-13(15(3,4)5)11-8-7-9-12(10-11)14-2/h7-10H,1H2,2-5H3. The van der Waals surface area contributed by atoms with Crippen LogP contribution in [0, 0.1) is 0 Å². The summed E-state index contributed by atoms with van der Waals surface area (Å²) in [6.07, 6.45) is 0. The molecule has 0 aliphatic rings. The molecule has 0 unspecified atom stereocenters. The highest BCUT2D eigenvalue weighted by molar-refractivity contribution is 6.93. The third kappa shape index (κ3) is 2.85. The van der Waals surface area contributed by atoms with Gasteiger partial charge in [0.15, 0.2) is 0 Å². The first-order chi connectivity index (χ1) is 6.99. The molecule has 80 valence electrons. The van der Waals surface area contributed by atoms with Crippen molar-refractivity contribution in [2.24, 2.45) is 0 Å². The molecule has 0 fully saturated rings. The second-order valence-corrected chi connectivity index (χ2v) is 9.53. The molecule has 15 heavy (non-hydrogen) atoms. The minimum atomic E-state index is -1.38. The Bertz CT molecular complexity index is 395. The lowest BCUT2D eigenvalue weighted by Crippen LogP contribution is -2.22. The number of methoxy groups -OCH3 is 1. The highest BCUT2D eigenvalue weighted by Crippen LogP contribution is 2.26. The average Bonchev–Trinajstić information content (AvgIpc) is 2.17. The number of rotatable bonds is 3. The van der Waals surface area contributed by atoms with Crippen LogP contribution in [0.4, 0.5) is 0 Å². The fourth-order valence-electron chi connectivity index (χ4n) is 1.58. The van der Waals surface area contributed by atoms with Gasteiger partial charge in [-0.1, -0.05) is 38.4 Å². The first kappa shape index (κ1) is 11.8. The van der Waals surface area contributed by atoms with Crippen molar-refractivity contribution < 1.29 is 4.74 Å². The van der Waals surface area contributed by atoms with Crippen LogP contribution >= 0.6 is 0 Å². The fraction of sp³-hybridized carbons (Fsp3) is 0.308. The average molecular weight is 218 g/mol. The highest BCUT2D eigenvalue weighted by Gasteiger charge is 2.20. The molecule has 0 aromatic heterocycles. The predicted octanol–water partition coefficient (Wildman–Crippen LogP) is 3.74. The van der Waals surface area contributed by atoms with Gasteiger partial charge in [-0.25, -0.2) is 0 Å². The molecule has 0 saturated heterocycles. The normalized spacial score (nSPS) is 10.7. The Balaban J connectivity index is 3.20. The molecule has 0 aliphatic carbocycles. The van der Waals surface area contributed by atoms with Gasteiger partial charge in [-0.15, -0.1) is 5.73 Å². The van der Waals surface area contributed by atoms with Crippen LogP contribution in [0.2, 0.25) is 19.6 Å². The van der Waals surface area contributed by atoms with E-state index in [1.165, 1.54) is 10.8 Å². The smallest absolute Gasteiger partial charge is 0.119 e. The van der Waals surface area contributed by atoms with Crippen molar-refractivity contribution in [2.45, 2.75) is 19.6 Å². The van der Waals surface area contributed by atoms with E-state index in [2.05, 4.69) is 38.0 Å². The maximum atomic E-state index is 5.22. The van der Waals surface area contributed by atoms with Crippen molar-refractivity contribution in [3.63, 3.8) is 0 Å². The van der Waals surface area contributed by atoms with Crippen LogP contribution in [-0.4, -0.2) is 15.2 Å². The van der Waals surface area contributed by atoms with E-state index in [-0.39, 0.29) is 0 Å². The second-order valence-electron chi connectivity index (χ2n) is 4.53. The van der Waals surface area contributed by atoms with Crippen LogP contribution in [0.25, 0.3) is 5.20 Å². The summed E-state index contributed by atoms with van der Waals surface area (Å²) < 4.78 is 5.22. The lowest BCUT2D eigenvalue weighted by molar-refractivity contribution is 0.414. The lowest BCUT2D eigenvalue weighted by Gasteiger charge is -2.19. The number of hydrogen-bond donors (Lipinski definition) is 0. The molecule has 0 radical (unpaired) electrons. The van der Waals surface area contributed by atoms with Gasteiger partial charge in [-0.3, -0.25) is 0 Å². The minimum absolute atomic E-state index is 0.888. The van der Waals surface area contributed by atoms with E-state index in [1.807, 2.05) is 18.2 Å². The largest absolute Gasteiger partial charge is 0.497 e. The minimum Gasteiger partial charge on any atom is -0.497 e. The van der Waals surface area contributed by atoms with Crippen LogP contribution < -0.4 is 4.74 Å². The molecule has 1 rings (SSSR count). The van der Waals surface area contributed by atoms with Crippen LogP contribution in [0.1, 0.15) is 5.56 Å². The van der Waals surface area contributed by atoms with Crippen LogP contribution in [-0.2, 0) is 0 Å². The Morgan fingerprint density at radius 2 is 2.00 bits per heavy atom. The van der Waals surface area contributed by atoms with E-state index in [4.69, 9.17) is 4.74 Å². The lowest BCUT2D eigenvalue weighted by atomic mass is 10.2. The van der Waals surface area contributed by atoms with E-state index in [0.29, 0.717) is 0 Å². The Morgan fingerprint density at radius 3 is 2.47 bits per heavy atom. The van der Waals surface area contributed by atoms with Gasteiger partial charge < -0.3 is 4.74 Å². The SMILES string of the molecule is C=C=C(c1cccc(OC)c1)[Si](C)(C)C. The van der Waals surface area contributed by atoms with Gasteiger partial charge in [-0.05, 0) is 22.9 Å². The van der Waals surface area contributed by atoms with Crippen LogP contribution in [0.5, 0.6) is 5.75 Å². The van der Waals surface area contributed by atoms with E-state index in [1.54, 1.807) is 7.11 Å². The van der Waals surface area contributed by atoms with Gasteiger partial charge in [0.05, 0.1) is 15.2 Å². The number of benzene rings is 1. The van der Waals surface area contributed by atoms with Crippen LogP contribution in [0.3, 0.4) is 0 Å². The summed E-state index contributed by atoms with van der Waals surface area (Å²) in [5.41, 5.74) is 4.27. The third-order valence-corrected chi connectivity index (χ3v) is 4.25. The molecule has 0 aliphatic heterocycles. The molecule has 1 aromatic carbocycles. The van der Waals surface area contributed by atoms with Crippen molar-refractivity contribution in [2.75, 3.05) is 7.11 Å². The van der Waals surface area contributed by atoms with Gasteiger partial charge in [0, 0.05) is 0 Å². The fourth-order valence-corrected chi connectivity index (χ4v) is 3.13. The molecule has 0 bridgehead atoms. The molecule has 0 atom stereocenters. The van der Waals surface area contributed by atoms with Crippen molar-refractivity contribution in [3.8, 4) is 5.75 Å². The molecule has 0 spiro atoms. The summed E-state index contributed by atoms with van der Waals surface area (Å²) >= 11 is 0. The Morgan fingerprint density at radius 1 is 1.33 bits per heavy atom. The van der Waals surface area contributed by atoms with E-state index in [9.17, 15) is 0 Å². The first-order valence-corrected chi connectivity index (χ1v) is 8.54. The van der Waals surface area contributed by atoms with Crippen LogP contribution in [0.15, 0.2) is 36.6 Å². The van der Waals surface area contributed by atoms with Gasteiger partial charge in [0.2, 0.25) is 0 Å². The quantitative estimate of drug-likeness (QED) is 0.555. The Kier molecular flexibility index (Phi) is 3.56. The molecule has 2 heteroatoms. The Hall–Kier alpha value is -1.24. The summed E-state index contributed by atoms with van der Waals surface area (Å²) in [6.45, 7) is 10.7. The zero-order valence-electron chi connectivity index (χ0n) is 9.92. The van der Waals surface area contributed by atoms with Crippen molar-refractivity contribution >= 4 is 13.3 Å². The third-order valence-electron chi connectivity index (χ3n) is 2.29. The van der Waals surface area contributed by atoms with E-state index >= 15 is 0 Å². The molecule has 1 nitrogen and oxygen atoms in total. The number of ether oxygens (including phenoxy) is 1.